The van der Waals surface area contributed by atoms with Crippen molar-refractivity contribution >= 4 is 23.5 Å². The van der Waals surface area contributed by atoms with Crippen LogP contribution in [0, 0.1) is 10.8 Å². The fourth-order valence-corrected chi connectivity index (χ4v) is 6.27. The van der Waals surface area contributed by atoms with Crippen molar-refractivity contribution in [1.29, 1.82) is 0 Å². The Morgan fingerprint density at radius 1 is 1.12 bits per heavy atom. The van der Waals surface area contributed by atoms with Gasteiger partial charge in [-0.1, -0.05) is 54.1 Å². The van der Waals surface area contributed by atoms with Gasteiger partial charge in [0.2, 0.25) is 0 Å². The molecule has 0 bridgehead atoms. The number of nitrogens with one attached hydrogen (secondary N) is 1. The summed E-state index contributed by atoms with van der Waals surface area (Å²) in [7, 11) is 0. The lowest BCUT2D eigenvalue weighted by Gasteiger charge is -2.56. The zero-order chi connectivity index (χ0) is 30.9. The Labute approximate surface area is 245 Å². The standard InChI is InChI=1S/C29H32ClF3N4O5/c1-4-28(26(40)41)23(34-17(2)27(3,25(38)39)24(28)20-7-5-6-8-21(20)30)16-42-14-13-37-15-22(35-36-37)18-9-11-19(12-10-18)29(31,32)33/h5-12,15,17,23-24,34H,4,13-14,16H2,1-3H3,(H,38,39)(H,40,41). The van der Waals surface area contributed by atoms with E-state index in [0.717, 1.165) is 12.1 Å². The van der Waals surface area contributed by atoms with Crippen molar-refractivity contribution in [3.8, 4) is 11.3 Å². The number of carbonyl (C=O) groups is 2. The minimum atomic E-state index is -4.44. The van der Waals surface area contributed by atoms with Crippen LogP contribution in [0.2, 0.25) is 5.02 Å². The second-order valence-electron chi connectivity index (χ2n) is 10.7. The highest BCUT2D eigenvalue weighted by molar-refractivity contribution is 6.31. The molecule has 1 aromatic heterocycles. The molecule has 1 saturated heterocycles. The zero-order valence-electron chi connectivity index (χ0n) is 23.2. The maximum atomic E-state index is 13.1. The summed E-state index contributed by atoms with van der Waals surface area (Å²) in [5.41, 5.74) is -2.54. The summed E-state index contributed by atoms with van der Waals surface area (Å²) in [6, 6.07) is 9.91. The minimum absolute atomic E-state index is 0.0401. The lowest BCUT2D eigenvalue weighted by molar-refractivity contribution is -0.174. The van der Waals surface area contributed by atoms with Gasteiger partial charge in [-0.25, -0.2) is 4.68 Å². The van der Waals surface area contributed by atoms with Gasteiger partial charge in [-0.2, -0.15) is 13.2 Å². The van der Waals surface area contributed by atoms with E-state index in [1.165, 1.54) is 16.8 Å². The summed E-state index contributed by atoms with van der Waals surface area (Å²) in [4.78, 5) is 25.8. The van der Waals surface area contributed by atoms with Gasteiger partial charge in [-0.05, 0) is 44.0 Å². The van der Waals surface area contributed by atoms with Crippen molar-refractivity contribution < 1.29 is 37.7 Å². The first kappa shape index (κ1) is 31.5. The molecule has 1 aliphatic heterocycles. The van der Waals surface area contributed by atoms with Crippen LogP contribution in [0.25, 0.3) is 11.3 Å². The molecule has 3 aromatic rings. The van der Waals surface area contributed by atoms with Gasteiger partial charge in [0.05, 0.1) is 42.3 Å². The van der Waals surface area contributed by atoms with Crippen molar-refractivity contribution in [1.82, 2.24) is 20.3 Å². The molecule has 9 nitrogen and oxygen atoms in total. The van der Waals surface area contributed by atoms with Crippen LogP contribution >= 0.6 is 11.6 Å². The molecule has 4 rings (SSSR count). The molecule has 226 valence electrons. The highest BCUT2D eigenvalue weighted by Gasteiger charge is 2.65. The predicted molar refractivity (Wildman–Crippen MR) is 148 cm³/mol. The summed E-state index contributed by atoms with van der Waals surface area (Å²) in [6.07, 6.45) is -2.76. The van der Waals surface area contributed by atoms with Crippen molar-refractivity contribution in [3.05, 3.63) is 70.9 Å². The number of benzene rings is 2. The number of carboxylic acid groups (broad SMARTS) is 2. The van der Waals surface area contributed by atoms with Gasteiger partial charge in [-0.3, -0.25) is 9.59 Å². The fourth-order valence-electron chi connectivity index (χ4n) is 6.03. The summed E-state index contributed by atoms with van der Waals surface area (Å²) >= 11 is 6.54. The Morgan fingerprint density at radius 3 is 2.36 bits per heavy atom. The smallest absolute Gasteiger partial charge is 0.416 e. The van der Waals surface area contributed by atoms with E-state index < -0.39 is 52.5 Å². The molecule has 42 heavy (non-hydrogen) atoms. The molecule has 0 spiro atoms. The monoisotopic (exact) mass is 608 g/mol. The Morgan fingerprint density at radius 2 is 1.79 bits per heavy atom. The van der Waals surface area contributed by atoms with Crippen LogP contribution in [0.15, 0.2) is 54.7 Å². The van der Waals surface area contributed by atoms with E-state index in [0.29, 0.717) is 16.8 Å². The van der Waals surface area contributed by atoms with Crippen LogP contribution < -0.4 is 5.32 Å². The number of aromatic nitrogens is 3. The van der Waals surface area contributed by atoms with Crippen LogP contribution in [0.1, 0.15) is 44.2 Å². The Balaban J connectivity index is 1.52. The maximum absolute atomic E-state index is 13.1. The Hall–Kier alpha value is -3.48. The van der Waals surface area contributed by atoms with Crippen LogP contribution in [0.4, 0.5) is 13.2 Å². The number of hydrogen-bond acceptors (Lipinski definition) is 6. The SMILES string of the molecule is CCC1(C(=O)O)C(COCCn2cc(-c3ccc(C(F)(F)F)cc3)nn2)NC(C)C(C)(C(=O)O)C1c1ccccc1Cl. The molecule has 5 unspecified atom stereocenters. The number of halogens is 4. The predicted octanol–water partition coefficient (Wildman–Crippen LogP) is 5.35. The van der Waals surface area contributed by atoms with Gasteiger partial charge >= 0.3 is 18.1 Å². The van der Waals surface area contributed by atoms with E-state index >= 15 is 0 Å². The van der Waals surface area contributed by atoms with E-state index in [4.69, 9.17) is 16.3 Å². The first-order valence-electron chi connectivity index (χ1n) is 13.4. The highest BCUT2D eigenvalue weighted by Crippen LogP contribution is 2.58. The third-order valence-corrected chi connectivity index (χ3v) is 8.89. The van der Waals surface area contributed by atoms with Gasteiger partial charge in [-0.15, -0.1) is 5.10 Å². The van der Waals surface area contributed by atoms with Gasteiger partial charge < -0.3 is 20.3 Å². The molecule has 13 heteroatoms. The molecule has 0 saturated carbocycles. The number of nitrogens with zero attached hydrogens (tertiary/aromatic N) is 3. The lowest BCUT2D eigenvalue weighted by Crippen LogP contribution is -2.70. The molecule has 2 heterocycles. The second kappa shape index (κ2) is 12.0. The molecule has 3 N–H and O–H groups in total. The number of hydrogen-bond donors (Lipinski definition) is 3. The number of carboxylic acids is 2. The zero-order valence-corrected chi connectivity index (χ0v) is 24.0. The third-order valence-electron chi connectivity index (χ3n) is 8.54. The second-order valence-corrected chi connectivity index (χ2v) is 11.1. The number of aliphatic carboxylic acids is 2. The van der Waals surface area contributed by atoms with Crippen LogP contribution in [-0.4, -0.2) is 62.4 Å². The van der Waals surface area contributed by atoms with Gasteiger partial charge in [0.15, 0.2) is 0 Å². The topological polar surface area (TPSA) is 127 Å². The Kier molecular flexibility index (Phi) is 9.00. The summed E-state index contributed by atoms with van der Waals surface area (Å²) in [5, 5.41) is 32.6. The van der Waals surface area contributed by atoms with Gasteiger partial charge in [0.1, 0.15) is 5.69 Å². The number of alkyl halides is 3. The van der Waals surface area contributed by atoms with Gasteiger partial charge in [0.25, 0.3) is 0 Å². The molecule has 5 atom stereocenters. The number of piperidine rings is 1. The molecular formula is C29H32ClF3N4O5. The maximum Gasteiger partial charge on any atom is 0.416 e. The fraction of sp³-hybridized carbons (Fsp3) is 0.448. The third kappa shape index (κ3) is 5.62. The van der Waals surface area contributed by atoms with E-state index in [2.05, 4.69) is 15.6 Å². The van der Waals surface area contributed by atoms with Crippen LogP contribution in [0.5, 0.6) is 0 Å². The van der Waals surface area contributed by atoms with Crippen LogP contribution in [0.3, 0.4) is 0 Å². The van der Waals surface area contributed by atoms with E-state index in [1.54, 1.807) is 51.2 Å². The van der Waals surface area contributed by atoms with Crippen LogP contribution in [-0.2, 0) is 27.0 Å². The van der Waals surface area contributed by atoms with E-state index in [-0.39, 0.29) is 31.2 Å². The molecule has 0 amide bonds. The number of rotatable bonds is 10. The minimum Gasteiger partial charge on any atom is -0.481 e. The lowest BCUT2D eigenvalue weighted by atomic mass is 9.51. The summed E-state index contributed by atoms with van der Waals surface area (Å²) < 4.78 is 46.0. The van der Waals surface area contributed by atoms with Gasteiger partial charge in [0, 0.05) is 28.6 Å². The van der Waals surface area contributed by atoms with Crippen molar-refractivity contribution in [2.45, 2.75) is 57.9 Å². The molecule has 1 fully saturated rings. The average molecular weight is 609 g/mol. The molecule has 1 aliphatic rings. The average Bonchev–Trinajstić information content (AvgIpc) is 3.41. The molecule has 2 aromatic carbocycles. The first-order valence-corrected chi connectivity index (χ1v) is 13.8. The summed E-state index contributed by atoms with van der Waals surface area (Å²) in [5.74, 6) is -3.28. The Bertz CT molecular complexity index is 1430. The molecule has 0 aliphatic carbocycles. The first-order chi connectivity index (χ1) is 19.8. The quantitative estimate of drug-likeness (QED) is 0.263. The van der Waals surface area contributed by atoms with Crippen molar-refractivity contribution in [3.63, 3.8) is 0 Å². The highest BCUT2D eigenvalue weighted by atomic mass is 35.5. The van der Waals surface area contributed by atoms with Crippen molar-refractivity contribution in [2.24, 2.45) is 10.8 Å². The summed E-state index contributed by atoms with van der Waals surface area (Å²) in [6.45, 7) is 5.29. The molecular weight excluding hydrogens is 577 g/mol. The normalized spacial score (nSPS) is 26.2. The molecule has 0 radical (unpaired) electrons. The van der Waals surface area contributed by atoms with E-state index in [9.17, 15) is 33.0 Å². The number of ether oxygens (including phenoxy) is 1. The van der Waals surface area contributed by atoms with E-state index in [1.807, 2.05) is 0 Å². The largest absolute Gasteiger partial charge is 0.481 e. The van der Waals surface area contributed by atoms with Crippen molar-refractivity contribution in [2.75, 3.05) is 13.2 Å².